The second-order valence-electron chi connectivity index (χ2n) is 7.08. The minimum absolute atomic E-state index is 0.0738. The Balaban J connectivity index is 1.49. The van der Waals surface area contributed by atoms with Crippen LogP contribution in [0.3, 0.4) is 0 Å². The van der Waals surface area contributed by atoms with Crippen LogP contribution in [0.25, 0.3) is 0 Å². The summed E-state index contributed by atoms with van der Waals surface area (Å²) >= 11 is 0. The van der Waals surface area contributed by atoms with Gasteiger partial charge in [0, 0.05) is 32.7 Å². The molecule has 1 heterocycles. The molecule has 0 aromatic heterocycles. The van der Waals surface area contributed by atoms with Crippen LogP contribution in [-0.2, 0) is 11.3 Å². The fraction of sp³-hybridized carbons (Fsp3) is 0.409. The Morgan fingerprint density at radius 3 is 2.27 bits per heavy atom. The Bertz CT molecular complexity index is 750. The Morgan fingerprint density at radius 2 is 1.58 bits per heavy atom. The summed E-state index contributed by atoms with van der Waals surface area (Å²) in [4.78, 5) is 16.8. The van der Waals surface area contributed by atoms with E-state index in [0.29, 0.717) is 0 Å². The van der Waals surface area contributed by atoms with Crippen LogP contribution in [0, 0.1) is 20.8 Å². The average molecular weight is 352 g/mol. The number of piperazine rings is 1. The number of carbonyl (C=O) groups is 1. The number of ether oxygens (including phenoxy) is 1. The molecule has 0 atom stereocenters. The maximum atomic E-state index is 12.5. The largest absolute Gasteiger partial charge is 0.483 e. The van der Waals surface area contributed by atoms with Crippen molar-refractivity contribution in [3.05, 3.63) is 64.7 Å². The van der Waals surface area contributed by atoms with Crippen molar-refractivity contribution in [2.24, 2.45) is 0 Å². The standard InChI is InChI=1S/C22H28N2O2/c1-17-9-10-18(2)22(19(17)3)26-16-21(25)24-13-11-23(12-14-24)15-20-7-5-4-6-8-20/h4-10H,11-16H2,1-3H3. The predicted octanol–water partition coefficient (Wildman–Crippen LogP) is 3.34. The first kappa shape index (κ1) is 18.5. The molecule has 0 N–H and O–H groups in total. The van der Waals surface area contributed by atoms with Gasteiger partial charge in [-0.1, -0.05) is 42.5 Å². The lowest BCUT2D eigenvalue weighted by molar-refractivity contribution is -0.135. The Hall–Kier alpha value is -2.33. The molecule has 0 spiro atoms. The molecule has 0 aliphatic carbocycles. The van der Waals surface area contributed by atoms with E-state index in [0.717, 1.165) is 49.6 Å². The van der Waals surface area contributed by atoms with E-state index in [1.807, 2.05) is 30.9 Å². The highest BCUT2D eigenvalue weighted by atomic mass is 16.5. The van der Waals surface area contributed by atoms with Crippen LogP contribution in [0.1, 0.15) is 22.3 Å². The van der Waals surface area contributed by atoms with E-state index in [1.165, 1.54) is 11.1 Å². The van der Waals surface area contributed by atoms with Crippen molar-refractivity contribution in [2.45, 2.75) is 27.3 Å². The van der Waals surface area contributed by atoms with Gasteiger partial charge in [0.25, 0.3) is 5.91 Å². The molecule has 1 aliphatic rings. The Labute approximate surface area is 156 Å². The molecule has 3 rings (SSSR count). The zero-order valence-electron chi connectivity index (χ0n) is 16.0. The van der Waals surface area contributed by atoms with Crippen molar-refractivity contribution in [1.82, 2.24) is 9.80 Å². The van der Waals surface area contributed by atoms with Crippen LogP contribution in [0.5, 0.6) is 5.75 Å². The number of hydrogen-bond acceptors (Lipinski definition) is 3. The van der Waals surface area contributed by atoms with Gasteiger partial charge >= 0.3 is 0 Å². The molecule has 1 amide bonds. The van der Waals surface area contributed by atoms with E-state index in [4.69, 9.17) is 4.74 Å². The molecular weight excluding hydrogens is 324 g/mol. The van der Waals surface area contributed by atoms with Crippen molar-refractivity contribution < 1.29 is 9.53 Å². The number of carbonyl (C=O) groups excluding carboxylic acids is 1. The van der Waals surface area contributed by atoms with Gasteiger partial charge < -0.3 is 9.64 Å². The van der Waals surface area contributed by atoms with Gasteiger partial charge in [0.1, 0.15) is 5.75 Å². The van der Waals surface area contributed by atoms with Crippen molar-refractivity contribution in [2.75, 3.05) is 32.8 Å². The minimum atomic E-state index is 0.0738. The third-order valence-corrected chi connectivity index (χ3v) is 5.19. The summed E-state index contributed by atoms with van der Waals surface area (Å²) in [5, 5.41) is 0. The minimum Gasteiger partial charge on any atom is -0.483 e. The van der Waals surface area contributed by atoms with Crippen LogP contribution >= 0.6 is 0 Å². The average Bonchev–Trinajstić information content (AvgIpc) is 2.66. The lowest BCUT2D eigenvalue weighted by Crippen LogP contribution is -2.49. The molecule has 0 radical (unpaired) electrons. The third-order valence-electron chi connectivity index (χ3n) is 5.19. The summed E-state index contributed by atoms with van der Waals surface area (Å²) in [7, 11) is 0. The molecule has 1 fully saturated rings. The van der Waals surface area contributed by atoms with E-state index in [9.17, 15) is 4.79 Å². The van der Waals surface area contributed by atoms with Crippen molar-refractivity contribution in [1.29, 1.82) is 0 Å². The van der Waals surface area contributed by atoms with E-state index in [2.05, 4.69) is 42.2 Å². The van der Waals surface area contributed by atoms with Crippen molar-refractivity contribution in [3.8, 4) is 5.75 Å². The van der Waals surface area contributed by atoms with Gasteiger partial charge in [0.2, 0.25) is 0 Å². The summed E-state index contributed by atoms with van der Waals surface area (Å²) in [6, 6.07) is 14.6. The quantitative estimate of drug-likeness (QED) is 0.827. The zero-order chi connectivity index (χ0) is 18.5. The van der Waals surface area contributed by atoms with Crippen LogP contribution < -0.4 is 4.74 Å². The maximum Gasteiger partial charge on any atom is 0.260 e. The number of amides is 1. The third kappa shape index (κ3) is 4.44. The van der Waals surface area contributed by atoms with Crippen molar-refractivity contribution >= 4 is 5.91 Å². The second kappa shape index (κ2) is 8.37. The highest BCUT2D eigenvalue weighted by molar-refractivity contribution is 5.78. The first-order chi connectivity index (χ1) is 12.5. The first-order valence-corrected chi connectivity index (χ1v) is 9.28. The number of benzene rings is 2. The Kier molecular flexibility index (Phi) is 5.94. The van der Waals surface area contributed by atoms with Crippen LogP contribution in [0.15, 0.2) is 42.5 Å². The molecule has 4 heteroatoms. The second-order valence-corrected chi connectivity index (χ2v) is 7.08. The zero-order valence-corrected chi connectivity index (χ0v) is 16.0. The van der Waals surface area contributed by atoms with Crippen LogP contribution in [0.2, 0.25) is 0 Å². The van der Waals surface area contributed by atoms with Crippen LogP contribution in [0.4, 0.5) is 0 Å². The number of hydrogen-bond donors (Lipinski definition) is 0. The SMILES string of the molecule is Cc1ccc(C)c(OCC(=O)N2CCN(Cc3ccccc3)CC2)c1C. The Morgan fingerprint density at radius 1 is 0.923 bits per heavy atom. The molecule has 0 unspecified atom stereocenters. The molecule has 0 saturated carbocycles. The smallest absolute Gasteiger partial charge is 0.260 e. The highest BCUT2D eigenvalue weighted by Crippen LogP contribution is 2.25. The molecule has 4 nitrogen and oxygen atoms in total. The molecule has 1 saturated heterocycles. The molecule has 2 aromatic carbocycles. The molecule has 0 bridgehead atoms. The molecular formula is C22H28N2O2. The van der Waals surface area contributed by atoms with Gasteiger partial charge in [0.05, 0.1) is 0 Å². The van der Waals surface area contributed by atoms with Gasteiger partial charge in [-0.15, -0.1) is 0 Å². The van der Waals surface area contributed by atoms with E-state index < -0.39 is 0 Å². The fourth-order valence-electron chi connectivity index (χ4n) is 3.37. The first-order valence-electron chi connectivity index (χ1n) is 9.28. The van der Waals surface area contributed by atoms with Gasteiger partial charge in [-0.2, -0.15) is 0 Å². The van der Waals surface area contributed by atoms with Gasteiger partial charge in [0.15, 0.2) is 6.61 Å². The highest BCUT2D eigenvalue weighted by Gasteiger charge is 2.21. The summed E-state index contributed by atoms with van der Waals surface area (Å²) < 4.78 is 5.88. The van der Waals surface area contributed by atoms with E-state index in [1.54, 1.807) is 0 Å². The predicted molar refractivity (Wildman–Crippen MR) is 104 cm³/mol. The number of aryl methyl sites for hydroxylation is 2. The summed E-state index contributed by atoms with van der Waals surface area (Å²) in [5.41, 5.74) is 4.70. The molecule has 26 heavy (non-hydrogen) atoms. The molecule has 138 valence electrons. The fourth-order valence-corrected chi connectivity index (χ4v) is 3.37. The topological polar surface area (TPSA) is 32.8 Å². The maximum absolute atomic E-state index is 12.5. The normalized spacial score (nSPS) is 15.1. The number of rotatable bonds is 5. The summed E-state index contributed by atoms with van der Waals surface area (Å²) in [6.45, 7) is 10.5. The molecule has 1 aliphatic heterocycles. The lowest BCUT2D eigenvalue weighted by Gasteiger charge is -2.34. The van der Waals surface area contributed by atoms with Gasteiger partial charge in [-0.3, -0.25) is 9.69 Å². The van der Waals surface area contributed by atoms with E-state index >= 15 is 0 Å². The van der Waals surface area contributed by atoms with Gasteiger partial charge in [-0.05, 0) is 43.0 Å². The summed E-state index contributed by atoms with van der Waals surface area (Å²) in [5.74, 6) is 0.922. The molecule has 2 aromatic rings. The van der Waals surface area contributed by atoms with Gasteiger partial charge in [-0.25, -0.2) is 0 Å². The van der Waals surface area contributed by atoms with Crippen LogP contribution in [-0.4, -0.2) is 48.5 Å². The lowest BCUT2D eigenvalue weighted by atomic mass is 10.1. The monoisotopic (exact) mass is 352 g/mol. The number of nitrogens with zero attached hydrogens (tertiary/aromatic N) is 2. The van der Waals surface area contributed by atoms with Crippen molar-refractivity contribution in [3.63, 3.8) is 0 Å². The summed E-state index contributed by atoms with van der Waals surface area (Å²) in [6.07, 6.45) is 0. The van der Waals surface area contributed by atoms with E-state index in [-0.39, 0.29) is 12.5 Å².